The van der Waals surface area contributed by atoms with Gasteiger partial charge in [0.05, 0.1) is 13.2 Å². The van der Waals surface area contributed by atoms with E-state index in [2.05, 4.69) is 10.1 Å². The fraction of sp³-hybridized carbons (Fsp3) is 0.750. The Bertz CT molecular complexity index is 149. The lowest BCUT2D eigenvalue weighted by atomic mass is 10.4. The maximum absolute atomic E-state index is 10.8. The summed E-state index contributed by atoms with van der Waals surface area (Å²) in [5, 5.41) is 2.43. The Hall–Kier alpha value is -1.26. The molecule has 0 aliphatic carbocycles. The number of ether oxygens (including phenoxy) is 2. The first-order chi connectivity index (χ1) is 6.31. The molecule has 0 spiro atoms. The topological polar surface area (TPSA) is 64.6 Å². The molecule has 1 amide bonds. The molecule has 0 aromatic rings. The van der Waals surface area contributed by atoms with Crippen molar-refractivity contribution in [2.24, 2.45) is 0 Å². The third-order valence-corrected chi connectivity index (χ3v) is 1.29. The summed E-state index contributed by atoms with van der Waals surface area (Å²) in [7, 11) is 0. The molecule has 0 aliphatic rings. The van der Waals surface area contributed by atoms with E-state index in [9.17, 15) is 9.59 Å². The van der Waals surface area contributed by atoms with Crippen LogP contribution in [0.5, 0.6) is 0 Å². The molecule has 0 fully saturated rings. The van der Waals surface area contributed by atoms with Crippen LogP contribution in [0.4, 0.5) is 4.79 Å². The lowest BCUT2D eigenvalue weighted by Gasteiger charge is -2.05. The van der Waals surface area contributed by atoms with Crippen molar-refractivity contribution in [3.63, 3.8) is 0 Å². The van der Waals surface area contributed by atoms with Gasteiger partial charge in [0.15, 0.2) is 0 Å². The Kier molecular flexibility index (Phi) is 7.98. The normalized spacial score (nSPS) is 9.00. The van der Waals surface area contributed by atoms with Crippen molar-refractivity contribution in [2.45, 2.75) is 19.8 Å². The minimum atomic E-state index is -0.469. The van der Waals surface area contributed by atoms with Gasteiger partial charge in [0.2, 0.25) is 0 Å². The van der Waals surface area contributed by atoms with Gasteiger partial charge in [0, 0.05) is 0 Å². The number of nitrogens with one attached hydrogen (secondary N) is 1. The molecule has 13 heavy (non-hydrogen) atoms. The van der Waals surface area contributed by atoms with Crippen LogP contribution in [0.25, 0.3) is 0 Å². The minimum Gasteiger partial charge on any atom is -0.466 e. The van der Waals surface area contributed by atoms with Crippen LogP contribution in [0, 0.1) is 0 Å². The van der Waals surface area contributed by atoms with Crippen molar-refractivity contribution in [2.75, 3.05) is 19.8 Å². The molecule has 76 valence electrons. The highest BCUT2D eigenvalue weighted by atomic mass is 16.5. The van der Waals surface area contributed by atoms with Crippen LogP contribution in [-0.4, -0.2) is 32.3 Å². The SMILES string of the molecule is CCCCOC(=O)NCCOC=O. The van der Waals surface area contributed by atoms with Crippen molar-refractivity contribution < 1.29 is 19.1 Å². The van der Waals surface area contributed by atoms with Crippen LogP contribution in [0.3, 0.4) is 0 Å². The standard InChI is InChI=1S/C8H15NO4/c1-2-3-5-13-8(11)9-4-6-12-7-10/h7H,2-6H2,1H3,(H,9,11). The number of hydrogen-bond donors (Lipinski definition) is 1. The molecular formula is C8H15NO4. The van der Waals surface area contributed by atoms with Gasteiger partial charge in [-0.25, -0.2) is 4.79 Å². The van der Waals surface area contributed by atoms with E-state index >= 15 is 0 Å². The molecule has 5 nitrogen and oxygen atoms in total. The summed E-state index contributed by atoms with van der Waals surface area (Å²) in [4.78, 5) is 20.5. The van der Waals surface area contributed by atoms with Crippen molar-refractivity contribution in [1.29, 1.82) is 0 Å². The predicted molar refractivity (Wildman–Crippen MR) is 46.3 cm³/mol. The largest absolute Gasteiger partial charge is 0.466 e. The molecule has 0 atom stereocenters. The van der Waals surface area contributed by atoms with E-state index in [0.29, 0.717) is 13.1 Å². The average Bonchev–Trinajstić information content (AvgIpc) is 2.13. The lowest BCUT2D eigenvalue weighted by molar-refractivity contribution is -0.128. The van der Waals surface area contributed by atoms with Crippen molar-refractivity contribution in [1.82, 2.24) is 5.32 Å². The summed E-state index contributed by atoms with van der Waals surface area (Å²) in [6, 6.07) is 0. The van der Waals surface area contributed by atoms with Crippen molar-refractivity contribution >= 4 is 12.6 Å². The van der Waals surface area contributed by atoms with Gasteiger partial charge in [0.1, 0.15) is 6.61 Å². The Morgan fingerprint density at radius 2 is 2.23 bits per heavy atom. The van der Waals surface area contributed by atoms with Gasteiger partial charge in [0.25, 0.3) is 6.47 Å². The van der Waals surface area contributed by atoms with Gasteiger partial charge in [-0.3, -0.25) is 4.79 Å². The highest BCUT2D eigenvalue weighted by Gasteiger charge is 1.98. The zero-order chi connectivity index (χ0) is 9.94. The number of carbonyl (C=O) groups excluding carboxylic acids is 2. The summed E-state index contributed by atoms with van der Waals surface area (Å²) in [6.45, 7) is 3.23. The first-order valence-electron chi connectivity index (χ1n) is 4.27. The second-order valence-corrected chi connectivity index (χ2v) is 2.38. The van der Waals surface area contributed by atoms with Crippen molar-refractivity contribution in [3.05, 3.63) is 0 Å². The average molecular weight is 189 g/mol. The summed E-state index contributed by atoms with van der Waals surface area (Å²) in [6.07, 6.45) is 1.38. The Balaban J connectivity index is 3.15. The number of amides is 1. The third-order valence-electron chi connectivity index (χ3n) is 1.29. The summed E-state index contributed by atoms with van der Waals surface area (Å²) >= 11 is 0. The molecule has 0 saturated carbocycles. The first kappa shape index (κ1) is 11.7. The van der Waals surface area contributed by atoms with Crippen molar-refractivity contribution in [3.8, 4) is 0 Å². The molecular weight excluding hydrogens is 174 g/mol. The predicted octanol–water partition coefficient (Wildman–Crippen LogP) is 0.686. The van der Waals surface area contributed by atoms with Gasteiger partial charge >= 0.3 is 6.09 Å². The smallest absolute Gasteiger partial charge is 0.407 e. The number of carbonyl (C=O) groups is 2. The van der Waals surface area contributed by atoms with Crippen LogP contribution in [0.15, 0.2) is 0 Å². The van der Waals surface area contributed by atoms with E-state index in [-0.39, 0.29) is 13.2 Å². The Morgan fingerprint density at radius 3 is 2.85 bits per heavy atom. The van der Waals surface area contributed by atoms with Crippen LogP contribution in [-0.2, 0) is 14.3 Å². The molecule has 0 aromatic carbocycles. The van der Waals surface area contributed by atoms with Gasteiger partial charge < -0.3 is 14.8 Å². The van der Waals surface area contributed by atoms with E-state index in [0.717, 1.165) is 12.8 Å². The zero-order valence-electron chi connectivity index (χ0n) is 7.75. The minimum absolute atomic E-state index is 0.173. The molecule has 1 N–H and O–H groups in total. The first-order valence-corrected chi connectivity index (χ1v) is 4.27. The van der Waals surface area contributed by atoms with E-state index in [1.54, 1.807) is 0 Å². The highest BCUT2D eigenvalue weighted by Crippen LogP contribution is 1.87. The molecule has 0 unspecified atom stereocenters. The van der Waals surface area contributed by atoms with E-state index in [1.807, 2.05) is 6.92 Å². The second kappa shape index (κ2) is 8.83. The van der Waals surface area contributed by atoms with E-state index < -0.39 is 6.09 Å². The molecule has 0 rings (SSSR count). The second-order valence-electron chi connectivity index (χ2n) is 2.38. The van der Waals surface area contributed by atoms with Crippen LogP contribution < -0.4 is 5.32 Å². The van der Waals surface area contributed by atoms with Gasteiger partial charge in [-0.05, 0) is 6.42 Å². The highest BCUT2D eigenvalue weighted by molar-refractivity contribution is 5.67. The maximum atomic E-state index is 10.8. The molecule has 0 aliphatic heterocycles. The monoisotopic (exact) mass is 189 g/mol. The summed E-state index contributed by atoms with van der Waals surface area (Å²) in [5.74, 6) is 0. The lowest BCUT2D eigenvalue weighted by Crippen LogP contribution is -2.28. The van der Waals surface area contributed by atoms with Crippen LogP contribution in [0.2, 0.25) is 0 Å². The fourth-order valence-corrected chi connectivity index (χ4v) is 0.620. The maximum Gasteiger partial charge on any atom is 0.407 e. The summed E-state index contributed by atoms with van der Waals surface area (Å²) in [5.41, 5.74) is 0. The van der Waals surface area contributed by atoms with E-state index in [1.165, 1.54) is 0 Å². The number of hydrogen-bond acceptors (Lipinski definition) is 4. The number of alkyl carbamates (subject to hydrolysis) is 1. The van der Waals surface area contributed by atoms with Gasteiger partial charge in [-0.15, -0.1) is 0 Å². The third kappa shape index (κ3) is 8.65. The van der Waals surface area contributed by atoms with Crippen LogP contribution in [0.1, 0.15) is 19.8 Å². The molecule has 0 heterocycles. The number of rotatable bonds is 7. The quantitative estimate of drug-likeness (QED) is 0.472. The Labute approximate surface area is 77.4 Å². The zero-order valence-corrected chi connectivity index (χ0v) is 7.75. The Morgan fingerprint density at radius 1 is 1.46 bits per heavy atom. The van der Waals surface area contributed by atoms with Crippen LogP contribution >= 0.6 is 0 Å². The number of unbranched alkanes of at least 4 members (excludes halogenated alkanes) is 1. The van der Waals surface area contributed by atoms with Gasteiger partial charge in [-0.1, -0.05) is 13.3 Å². The summed E-state index contributed by atoms with van der Waals surface area (Å²) < 4.78 is 9.13. The molecule has 5 heteroatoms. The molecule has 0 radical (unpaired) electrons. The van der Waals surface area contributed by atoms with E-state index in [4.69, 9.17) is 4.74 Å². The fourth-order valence-electron chi connectivity index (χ4n) is 0.620. The van der Waals surface area contributed by atoms with Gasteiger partial charge in [-0.2, -0.15) is 0 Å². The molecule has 0 bridgehead atoms. The molecule has 0 saturated heterocycles. The molecule has 0 aromatic heterocycles.